The van der Waals surface area contributed by atoms with Crippen molar-refractivity contribution in [3.8, 4) is 0 Å². The van der Waals surface area contributed by atoms with E-state index in [0.29, 0.717) is 29.6 Å². The van der Waals surface area contributed by atoms with Gasteiger partial charge in [-0.1, -0.05) is 42.1 Å². The van der Waals surface area contributed by atoms with Crippen molar-refractivity contribution >= 4 is 17.7 Å². The van der Waals surface area contributed by atoms with Crippen molar-refractivity contribution in [2.75, 3.05) is 12.3 Å². The zero-order chi connectivity index (χ0) is 16.9. The van der Waals surface area contributed by atoms with Crippen LogP contribution < -0.4 is 10.9 Å². The third-order valence-corrected chi connectivity index (χ3v) is 5.31. The van der Waals surface area contributed by atoms with E-state index in [9.17, 15) is 9.59 Å². The number of carbonyl (C=O) groups excluding carboxylic acids is 1. The number of hydrogen-bond donors (Lipinski definition) is 1. The number of thioether (sulfide) groups is 1. The molecular weight excluding hydrogens is 322 g/mol. The maximum absolute atomic E-state index is 12.4. The van der Waals surface area contributed by atoms with Gasteiger partial charge in [0.2, 0.25) is 5.91 Å². The minimum absolute atomic E-state index is 0.0228. The zero-order valence-corrected chi connectivity index (χ0v) is 14.5. The van der Waals surface area contributed by atoms with E-state index in [4.69, 9.17) is 0 Å². The summed E-state index contributed by atoms with van der Waals surface area (Å²) < 4.78 is 1.62. The molecule has 0 radical (unpaired) electrons. The number of nitrogens with zero attached hydrogens (tertiary/aromatic N) is 2. The number of aromatic nitrogens is 2. The first-order valence-electron chi connectivity index (χ1n) is 8.16. The lowest BCUT2D eigenvalue weighted by Gasteiger charge is -2.24. The molecule has 0 saturated heterocycles. The first kappa shape index (κ1) is 16.8. The highest BCUT2D eigenvalue weighted by molar-refractivity contribution is 7.99. The largest absolute Gasteiger partial charge is 0.356 e. The summed E-state index contributed by atoms with van der Waals surface area (Å²) in [5.74, 6) is 0.509. The molecule has 1 unspecified atom stereocenters. The van der Waals surface area contributed by atoms with Crippen LogP contribution in [0.5, 0.6) is 0 Å². The molecular formula is C18H21N3O2S. The van der Waals surface area contributed by atoms with Crippen molar-refractivity contribution in [3.05, 3.63) is 58.0 Å². The van der Waals surface area contributed by atoms with Crippen LogP contribution in [0.15, 0.2) is 46.5 Å². The van der Waals surface area contributed by atoms with Gasteiger partial charge in [-0.15, -0.1) is 0 Å². The molecule has 1 N–H and O–H groups in total. The Labute approximate surface area is 145 Å². The van der Waals surface area contributed by atoms with E-state index in [1.165, 1.54) is 17.3 Å². The zero-order valence-electron chi connectivity index (χ0n) is 13.7. The average molecular weight is 343 g/mol. The molecule has 0 aliphatic carbocycles. The molecule has 1 aliphatic heterocycles. The van der Waals surface area contributed by atoms with Crippen molar-refractivity contribution < 1.29 is 4.79 Å². The lowest BCUT2D eigenvalue weighted by molar-refractivity contribution is -0.124. The highest BCUT2D eigenvalue weighted by Crippen LogP contribution is 2.24. The third-order valence-electron chi connectivity index (χ3n) is 4.15. The van der Waals surface area contributed by atoms with Crippen LogP contribution in [0.3, 0.4) is 0 Å². The second-order valence-electron chi connectivity index (χ2n) is 6.03. The predicted molar refractivity (Wildman–Crippen MR) is 95.2 cm³/mol. The maximum Gasteiger partial charge on any atom is 0.257 e. The molecule has 3 rings (SSSR count). The summed E-state index contributed by atoms with van der Waals surface area (Å²) in [4.78, 5) is 28.8. The van der Waals surface area contributed by atoms with Crippen LogP contribution in [-0.4, -0.2) is 27.8 Å². The van der Waals surface area contributed by atoms with Crippen molar-refractivity contribution in [1.82, 2.24) is 14.9 Å². The number of aryl methyl sites for hydroxylation is 2. The molecule has 0 saturated carbocycles. The van der Waals surface area contributed by atoms with Crippen LogP contribution in [0.25, 0.3) is 0 Å². The van der Waals surface area contributed by atoms with Crippen LogP contribution >= 0.6 is 11.8 Å². The molecule has 1 atom stereocenters. The molecule has 1 aromatic heterocycles. The van der Waals surface area contributed by atoms with Gasteiger partial charge in [-0.25, -0.2) is 4.98 Å². The summed E-state index contributed by atoms with van der Waals surface area (Å²) in [6, 6.07) is 10.2. The van der Waals surface area contributed by atoms with Crippen molar-refractivity contribution in [2.45, 2.75) is 31.5 Å². The van der Waals surface area contributed by atoms with Crippen LogP contribution in [0, 0.1) is 12.8 Å². The normalized spacial score (nSPS) is 16.5. The lowest BCUT2D eigenvalue weighted by Crippen LogP contribution is -2.40. The molecule has 2 aromatic rings. The molecule has 0 bridgehead atoms. The smallest absolute Gasteiger partial charge is 0.257 e. The third kappa shape index (κ3) is 3.87. The van der Waals surface area contributed by atoms with Crippen molar-refractivity contribution in [2.24, 2.45) is 5.92 Å². The summed E-state index contributed by atoms with van der Waals surface area (Å²) in [6.07, 6.45) is 3.46. The van der Waals surface area contributed by atoms with Gasteiger partial charge >= 0.3 is 0 Å². The molecule has 0 fully saturated rings. The Kier molecular flexibility index (Phi) is 5.35. The number of carbonyl (C=O) groups is 1. The fraction of sp³-hybridized carbons (Fsp3) is 0.389. The Morgan fingerprint density at radius 3 is 2.96 bits per heavy atom. The first-order chi connectivity index (χ1) is 11.6. The fourth-order valence-corrected chi connectivity index (χ4v) is 3.80. The molecule has 1 aromatic carbocycles. The average Bonchev–Trinajstić information content (AvgIpc) is 2.62. The van der Waals surface area contributed by atoms with E-state index in [-0.39, 0.29) is 17.4 Å². The number of hydrogen-bond acceptors (Lipinski definition) is 4. The SMILES string of the molecule is Cc1cnc2n(c1=O)CC(C(=O)NCCCc1ccccc1)CS2. The first-order valence-corrected chi connectivity index (χ1v) is 9.14. The highest BCUT2D eigenvalue weighted by atomic mass is 32.2. The van der Waals surface area contributed by atoms with Gasteiger partial charge in [0.1, 0.15) is 0 Å². The van der Waals surface area contributed by atoms with E-state index in [0.717, 1.165) is 12.8 Å². The summed E-state index contributed by atoms with van der Waals surface area (Å²) in [5, 5.41) is 3.71. The number of fused-ring (bicyclic) bond motifs is 1. The Morgan fingerprint density at radius 1 is 1.38 bits per heavy atom. The Morgan fingerprint density at radius 2 is 2.17 bits per heavy atom. The number of rotatable bonds is 5. The van der Waals surface area contributed by atoms with Crippen LogP contribution in [0.1, 0.15) is 17.5 Å². The summed E-state index contributed by atoms with van der Waals surface area (Å²) >= 11 is 1.48. The highest BCUT2D eigenvalue weighted by Gasteiger charge is 2.26. The van der Waals surface area contributed by atoms with Gasteiger partial charge in [0.05, 0.1) is 5.92 Å². The molecule has 2 heterocycles. The Bertz CT molecular complexity index is 774. The van der Waals surface area contributed by atoms with Gasteiger partial charge in [-0.2, -0.15) is 0 Å². The molecule has 0 spiro atoms. The summed E-state index contributed by atoms with van der Waals surface area (Å²) in [7, 11) is 0. The second-order valence-corrected chi connectivity index (χ2v) is 7.01. The fourth-order valence-electron chi connectivity index (χ4n) is 2.75. The van der Waals surface area contributed by atoms with E-state index < -0.39 is 0 Å². The topological polar surface area (TPSA) is 64.0 Å². The van der Waals surface area contributed by atoms with Gasteiger partial charge < -0.3 is 5.32 Å². The van der Waals surface area contributed by atoms with E-state index in [1.807, 2.05) is 18.2 Å². The second kappa shape index (κ2) is 7.66. The van der Waals surface area contributed by atoms with Crippen molar-refractivity contribution in [1.29, 1.82) is 0 Å². The summed E-state index contributed by atoms with van der Waals surface area (Å²) in [6.45, 7) is 2.82. The molecule has 24 heavy (non-hydrogen) atoms. The molecule has 6 heteroatoms. The molecule has 1 amide bonds. The molecule has 5 nitrogen and oxygen atoms in total. The summed E-state index contributed by atoms with van der Waals surface area (Å²) in [5.41, 5.74) is 1.85. The van der Waals surface area contributed by atoms with Gasteiger partial charge in [0, 0.05) is 30.6 Å². The van der Waals surface area contributed by atoms with Crippen LogP contribution in [0.4, 0.5) is 0 Å². The van der Waals surface area contributed by atoms with E-state index in [1.54, 1.807) is 17.7 Å². The van der Waals surface area contributed by atoms with Gasteiger partial charge in [0.15, 0.2) is 5.16 Å². The number of nitrogens with one attached hydrogen (secondary N) is 1. The Hall–Kier alpha value is -2.08. The van der Waals surface area contributed by atoms with E-state index >= 15 is 0 Å². The van der Waals surface area contributed by atoms with Gasteiger partial charge in [0.25, 0.3) is 5.56 Å². The molecule has 1 aliphatic rings. The number of amides is 1. The number of benzene rings is 1. The van der Waals surface area contributed by atoms with Gasteiger partial charge in [-0.05, 0) is 25.3 Å². The lowest BCUT2D eigenvalue weighted by atomic mass is 10.1. The molecule has 126 valence electrons. The minimum atomic E-state index is -0.180. The van der Waals surface area contributed by atoms with E-state index in [2.05, 4.69) is 22.4 Å². The Balaban J connectivity index is 1.51. The standard InChI is InChI=1S/C18H21N3O2S/c1-13-10-20-18-21(17(13)23)11-15(12-24-18)16(22)19-9-5-8-14-6-3-2-4-7-14/h2-4,6-7,10,15H,5,8-9,11-12H2,1H3,(H,19,22). The van der Waals surface area contributed by atoms with Crippen LogP contribution in [-0.2, 0) is 17.8 Å². The maximum atomic E-state index is 12.4. The predicted octanol–water partition coefficient (Wildman–Crippen LogP) is 2.02. The van der Waals surface area contributed by atoms with Crippen molar-refractivity contribution in [3.63, 3.8) is 0 Å². The van der Waals surface area contributed by atoms with Gasteiger partial charge in [-0.3, -0.25) is 14.2 Å². The quantitative estimate of drug-likeness (QED) is 0.666. The monoisotopic (exact) mass is 343 g/mol. The minimum Gasteiger partial charge on any atom is -0.356 e. The van der Waals surface area contributed by atoms with Crippen LogP contribution in [0.2, 0.25) is 0 Å².